The van der Waals surface area contributed by atoms with E-state index in [1.54, 1.807) is 6.20 Å². The van der Waals surface area contributed by atoms with Crippen LogP contribution in [0, 0.1) is 0 Å². The number of anilines is 1. The molecular weight excluding hydrogens is 414 g/mol. The summed E-state index contributed by atoms with van der Waals surface area (Å²) in [6.07, 6.45) is 6.30. The number of carbonyl (C=O) groups is 1. The fourth-order valence-electron chi connectivity index (χ4n) is 3.78. The van der Waals surface area contributed by atoms with Gasteiger partial charge in [0.15, 0.2) is 0 Å². The molecule has 1 aromatic carbocycles. The molecule has 0 radical (unpaired) electrons. The fraction of sp³-hybridized carbons (Fsp3) is 0.391. The van der Waals surface area contributed by atoms with Gasteiger partial charge in [-0.1, -0.05) is 23.7 Å². The number of aliphatic imine (C=N–C) groups is 1. The average molecular weight is 440 g/mol. The smallest absolute Gasteiger partial charge is 0.434 e. The number of H-pyrrole nitrogens is 1. The van der Waals surface area contributed by atoms with E-state index in [9.17, 15) is 4.79 Å². The van der Waals surface area contributed by atoms with Crippen LogP contribution in [-0.2, 0) is 4.74 Å². The molecule has 3 aromatic rings. The van der Waals surface area contributed by atoms with E-state index in [0.717, 1.165) is 41.4 Å². The minimum atomic E-state index is -0.552. The first kappa shape index (κ1) is 21.3. The van der Waals surface area contributed by atoms with Crippen molar-refractivity contribution in [3.8, 4) is 11.3 Å². The minimum Gasteiger partial charge on any atom is -0.442 e. The Bertz CT molecular complexity index is 1130. The minimum absolute atomic E-state index is 0.0898. The van der Waals surface area contributed by atoms with Crippen LogP contribution in [0.25, 0.3) is 22.2 Å². The fourth-order valence-corrected chi connectivity index (χ4v) is 3.97. The number of benzene rings is 1. The number of hydrogen-bond donors (Lipinski definition) is 2. The summed E-state index contributed by atoms with van der Waals surface area (Å²) in [5.74, 6) is 0.510. The van der Waals surface area contributed by atoms with E-state index in [0.29, 0.717) is 23.1 Å². The second-order valence-corrected chi connectivity index (χ2v) is 9.14. The Morgan fingerprint density at radius 3 is 2.97 bits per heavy atom. The zero-order chi connectivity index (χ0) is 22.0. The maximum Gasteiger partial charge on any atom is 0.434 e. The second kappa shape index (κ2) is 8.67. The number of fused-ring (bicyclic) bond motifs is 1. The molecule has 162 valence electrons. The first-order valence-corrected chi connectivity index (χ1v) is 10.8. The van der Waals surface area contributed by atoms with Crippen LogP contribution >= 0.6 is 11.6 Å². The molecule has 1 fully saturated rings. The van der Waals surface area contributed by atoms with Crippen molar-refractivity contribution in [2.24, 2.45) is 4.99 Å². The average Bonchev–Trinajstić information content (AvgIpc) is 3.17. The van der Waals surface area contributed by atoms with Gasteiger partial charge >= 0.3 is 6.09 Å². The van der Waals surface area contributed by atoms with Crippen molar-refractivity contribution >= 4 is 40.3 Å². The molecule has 1 atom stereocenters. The highest BCUT2D eigenvalue weighted by atomic mass is 35.5. The van der Waals surface area contributed by atoms with Gasteiger partial charge in [0, 0.05) is 40.8 Å². The van der Waals surface area contributed by atoms with Gasteiger partial charge in [0.25, 0.3) is 0 Å². The highest BCUT2D eigenvalue weighted by Gasteiger charge is 2.22. The van der Waals surface area contributed by atoms with Crippen molar-refractivity contribution < 1.29 is 9.53 Å². The van der Waals surface area contributed by atoms with Crippen molar-refractivity contribution in [1.29, 1.82) is 0 Å². The molecule has 4 rings (SSSR count). The molecule has 1 amide bonds. The van der Waals surface area contributed by atoms with E-state index < -0.39 is 11.7 Å². The van der Waals surface area contributed by atoms with Crippen LogP contribution in [-0.4, -0.2) is 38.4 Å². The van der Waals surface area contributed by atoms with Crippen molar-refractivity contribution in [2.75, 3.05) is 5.32 Å². The van der Waals surface area contributed by atoms with Crippen molar-refractivity contribution in [3.05, 3.63) is 41.7 Å². The van der Waals surface area contributed by atoms with E-state index in [2.05, 4.69) is 20.3 Å². The van der Waals surface area contributed by atoms with Gasteiger partial charge in [-0.25, -0.2) is 14.8 Å². The number of halogens is 1. The molecule has 1 saturated carbocycles. The topological polar surface area (TPSA) is 92.3 Å². The van der Waals surface area contributed by atoms with E-state index in [4.69, 9.17) is 21.3 Å². The van der Waals surface area contributed by atoms with Crippen LogP contribution in [0.1, 0.15) is 46.5 Å². The van der Waals surface area contributed by atoms with Gasteiger partial charge in [-0.15, -0.1) is 0 Å². The van der Waals surface area contributed by atoms with E-state index >= 15 is 0 Å². The third-order valence-corrected chi connectivity index (χ3v) is 5.35. The van der Waals surface area contributed by atoms with Crippen LogP contribution in [0.5, 0.6) is 0 Å². The van der Waals surface area contributed by atoms with E-state index in [1.807, 2.05) is 51.2 Å². The van der Waals surface area contributed by atoms with E-state index in [-0.39, 0.29) is 6.04 Å². The van der Waals surface area contributed by atoms with Crippen molar-refractivity contribution in [2.45, 2.75) is 58.1 Å². The highest BCUT2D eigenvalue weighted by molar-refractivity contribution is 6.33. The number of nitrogens with one attached hydrogen (secondary N) is 2. The van der Waals surface area contributed by atoms with Crippen LogP contribution in [0.2, 0.25) is 5.02 Å². The monoisotopic (exact) mass is 439 g/mol. The summed E-state index contributed by atoms with van der Waals surface area (Å²) in [6, 6.07) is 8.09. The van der Waals surface area contributed by atoms with Crippen molar-refractivity contribution in [1.82, 2.24) is 15.0 Å². The van der Waals surface area contributed by atoms with Gasteiger partial charge in [0.05, 0.1) is 16.9 Å². The summed E-state index contributed by atoms with van der Waals surface area (Å²) in [7, 11) is 0. The molecule has 1 aliphatic rings. The number of rotatable bonds is 3. The third kappa shape index (κ3) is 5.22. The Balaban J connectivity index is 1.52. The molecule has 0 saturated heterocycles. The predicted octanol–water partition coefficient (Wildman–Crippen LogP) is 6.01. The number of hydrogen-bond acceptors (Lipinski definition) is 5. The standard InChI is InChI=1S/C23H26ClN5O2/c1-23(2,3)31-22(30)28-15-7-4-6-14(12-15)27-21-26-13-18(24)20(29-21)17-8-5-9-19-16(17)10-11-25-19/h5,8-11,13-14,25H,4,6-7,12H2,1-3H3,(H,26,27,29)/b28-15+/t14-/m1/s1. The van der Waals surface area contributed by atoms with Gasteiger partial charge in [0.2, 0.25) is 5.95 Å². The number of ether oxygens (including phenoxy) is 1. The first-order chi connectivity index (χ1) is 14.8. The SMILES string of the molecule is CC(C)(C)OC(=O)/N=C1\CCC[C@@H](Nc2ncc(Cl)c(-c3cccc4[nH]ccc34)n2)C1. The summed E-state index contributed by atoms with van der Waals surface area (Å²) < 4.78 is 5.31. The number of amides is 1. The molecule has 2 aromatic heterocycles. The lowest BCUT2D eigenvalue weighted by Crippen LogP contribution is -2.29. The Morgan fingerprint density at radius 2 is 2.16 bits per heavy atom. The molecule has 0 bridgehead atoms. The van der Waals surface area contributed by atoms with Crippen molar-refractivity contribution in [3.63, 3.8) is 0 Å². The zero-order valence-electron chi connectivity index (χ0n) is 17.9. The van der Waals surface area contributed by atoms with Gasteiger partial charge in [-0.2, -0.15) is 4.99 Å². The number of carbonyl (C=O) groups excluding carboxylic acids is 1. The molecule has 2 N–H and O–H groups in total. The van der Waals surface area contributed by atoms with Gasteiger partial charge < -0.3 is 15.0 Å². The maximum atomic E-state index is 12.0. The lowest BCUT2D eigenvalue weighted by atomic mass is 9.93. The third-order valence-electron chi connectivity index (χ3n) is 5.07. The van der Waals surface area contributed by atoms with Crippen LogP contribution in [0.4, 0.5) is 10.7 Å². The molecule has 2 heterocycles. The Kier molecular flexibility index (Phi) is 5.96. The molecule has 7 nitrogen and oxygen atoms in total. The molecular formula is C23H26ClN5O2. The van der Waals surface area contributed by atoms with Gasteiger partial charge in [-0.3, -0.25) is 0 Å². The van der Waals surface area contributed by atoms with Crippen LogP contribution < -0.4 is 5.32 Å². The molecule has 8 heteroatoms. The van der Waals surface area contributed by atoms with Gasteiger partial charge in [-0.05, 0) is 52.2 Å². The molecule has 0 unspecified atom stereocenters. The molecule has 0 aliphatic heterocycles. The highest BCUT2D eigenvalue weighted by Crippen LogP contribution is 2.32. The lowest BCUT2D eigenvalue weighted by Gasteiger charge is -2.25. The summed E-state index contributed by atoms with van der Waals surface area (Å²) in [4.78, 5) is 28.5. The molecule has 31 heavy (non-hydrogen) atoms. The quantitative estimate of drug-likeness (QED) is 0.521. The first-order valence-electron chi connectivity index (χ1n) is 10.4. The normalized spacial score (nSPS) is 18.3. The lowest BCUT2D eigenvalue weighted by molar-refractivity contribution is 0.0603. The zero-order valence-corrected chi connectivity index (χ0v) is 18.7. The summed E-state index contributed by atoms with van der Waals surface area (Å²) in [6.45, 7) is 5.50. The van der Waals surface area contributed by atoms with E-state index in [1.165, 1.54) is 0 Å². The number of aromatic nitrogens is 3. The largest absolute Gasteiger partial charge is 0.442 e. The Hall–Kier alpha value is -2.93. The molecule has 0 spiro atoms. The summed E-state index contributed by atoms with van der Waals surface area (Å²) >= 11 is 6.44. The van der Waals surface area contributed by atoms with Crippen LogP contribution in [0.15, 0.2) is 41.7 Å². The summed E-state index contributed by atoms with van der Waals surface area (Å²) in [5, 5.41) is 4.94. The molecule has 1 aliphatic carbocycles. The maximum absolute atomic E-state index is 12.0. The Labute approximate surface area is 186 Å². The predicted molar refractivity (Wildman–Crippen MR) is 124 cm³/mol. The Morgan fingerprint density at radius 1 is 1.32 bits per heavy atom. The van der Waals surface area contributed by atoms with Gasteiger partial charge in [0.1, 0.15) is 5.60 Å². The summed E-state index contributed by atoms with van der Waals surface area (Å²) in [5.41, 5.74) is 2.94. The van der Waals surface area contributed by atoms with Crippen LogP contribution in [0.3, 0.4) is 0 Å². The second-order valence-electron chi connectivity index (χ2n) is 8.73. The number of nitrogens with zero attached hydrogens (tertiary/aromatic N) is 3. The number of aromatic amines is 1.